The topological polar surface area (TPSA) is 84.2 Å². The molecule has 24 heavy (non-hydrogen) atoms. The highest BCUT2D eigenvalue weighted by Gasteiger charge is 2.11. The van der Waals surface area contributed by atoms with E-state index in [0.717, 1.165) is 5.56 Å². The average Bonchev–Trinajstić information content (AvgIpc) is 2.64. The number of aromatic nitrogens is 1. The van der Waals surface area contributed by atoms with Crippen molar-refractivity contribution in [2.75, 3.05) is 14.2 Å². The predicted octanol–water partition coefficient (Wildman–Crippen LogP) is 2.32. The van der Waals surface area contributed by atoms with Gasteiger partial charge in [0.25, 0.3) is 5.91 Å². The summed E-state index contributed by atoms with van der Waals surface area (Å²) in [4.78, 5) is 16.1. The minimum atomic E-state index is -0.459. The van der Waals surface area contributed by atoms with Crippen molar-refractivity contribution in [3.63, 3.8) is 0 Å². The van der Waals surface area contributed by atoms with Gasteiger partial charge in [-0.2, -0.15) is 5.26 Å². The number of hydrogen-bond donors (Lipinski definition) is 1. The predicted molar refractivity (Wildman–Crippen MR) is 89.2 cm³/mol. The van der Waals surface area contributed by atoms with E-state index in [1.807, 2.05) is 6.07 Å². The number of nitriles is 1. The lowest BCUT2D eigenvalue weighted by atomic mass is 10.1. The van der Waals surface area contributed by atoms with Crippen LogP contribution in [-0.4, -0.2) is 25.1 Å². The van der Waals surface area contributed by atoms with E-state index in [1.54, 1.807) is 49.8 Å². The van der Waals surface area contributed by atoms with Crippen molar-refractivity contribution >= 4 is 12.0 Å². The molecule has 0 aliphatic rings. The average molecular weight is 323 g/mol. The Bertz CT molecular complexity index is 780. The van der Waals surface area contributed by atoms with E-state index in [4.69, 9.17) is 9.47 Å². The van der Waals surface area contributed by atoms with Gasteiger partial charge in [-0.15, -0.1) is 0 Å². The summed E-state index contributed by atoms with van der Waals surface area (Å²) < 4.78 is 10.4. The molecule has 0 saturated carbocycles. The van der Waals surface area contributed by atoms with Crippen molar-refractivity contribution in [2.45, 2.75) is 6.54 Å². The number of hydrogen-bond acceptors (Lipinski definition) is 5. The molecule has 1 N–H and O–H groups in total. The molecule has 1 aromatic carbocycles. The van der Waals surface area contributed by atoms with Crippen LogP contribution in [-0.2, 0) is 11.3 Å². The van der Waals surface area contributed by atoms with Crippen LogP contribution in [0.3, 0.4) is 0 Å². The Morgan fingerprint density at radius 1 is 1.25 bits per heavy atom. The van der Waals surface area contributed by atoms with Crippen molar-refractivity contribution in [2.24, 2.45) is 0 Å². The largest absolute Gasteiger partial charge is 0.497 e. The second-order valence-electron chi connectivity index (χ2n) is 4.82. The maximum atomic E-state index is 12.2. The van der Waals surface area contributed by atoms with Crippen LogP contribution in [0.5, 0.6) is 11.5 Å². The Balaban J connectivity index is 2.19. The number of amides is 1. The van der Waals surface area contributed by atoms with E-state index in [9.17, 15) is 10.1 Å². The van der Waals surface area contributed by atoms with Gasteiger partial charge in [0.15, 0.2) is 0 Å². The Morgan fingerprint density at radius 2 is 2.00 bits per heavy atom. The first kappa shape index (κ1) is 17.0. The van der Waals surface area contributed by atoms with E-state index >= 15 is 0 Å². The number of benzene rings is 1. The first-order valence-corrected chi connectivity index (χ1v) is 7.19. The molecule has 1 heterocycles. The highest BCUT2D eigenvalue weighted by molar-refractivity contribution is 6.02. The molecule has 0 spiro atoms. The van der Waals surface area contributed by atoms with E-state index in [0.29, 0.717) is 23.6 Å². The lowest BCUT2D eigenvalue weighted by molar-refractivity contribution is -0.117. The Kier molecular flexibility index (Phi) is 5.92. The first-order chi connectivity index (χ1) is 11.7. The molecule has 2 rings (SSSR count). The molecular formula is C18H17N3O3. The molecule has 0 radical (unpaired) electrons. The number of nitrogens with one attached hydrogen (secondary N) is 1. The zero-order valence-corrected chi connectivity index (χ0v) is 13.4. The highest BCUT2D eigenvalue weighted by atomic mass is 16.5. The number of carbonyl (C=O) groups is 1. The number of ether oxygens (including phenoxy) is 2. The first-order valence-electron chi connectivity index (χ1n) is 7.19. The van der Waals surface area contributed by atoms with Crippen molar-refractivity contribution in [3.8, 4) is 17.6 Å². The fourth-order valence-corrected chi connectivity index (χ4v) is 2.03. The third kappa shape index (κ3) is 4.34. The van der Waals surface area contributed by atoms with E-state index in [2.05, 4.69) is 10.3 Å². The molecule has 6 heteroatoms. The summed E-state index contributed by atoms with van der Waals surface area (Å²) in [6, 6.07) is 10.7. The van der Waals surface area contributed by atoms with Gasteiger partial charge in [-0.3, -0.25) is 9.78 Å². The van der Waals surface area contributed by atoms with Crippen molar-refractivity contribution < 1.29 is 14.3 Å². The Labute approximate surface area is 140 Å². The van der Waals surface area contributed by atoms with Crippen LogP contribution in [0.2, 0.25) is 0 Å². The van der Waals surface area contributed by atoms with Crippen LogP contribution in [0, 0.1) is 11.3 Å². The summed E-state index contributed by atoms with van der Waals surface area (Å²) in [5, 5.41) is 12.0. The second kappa shape index (κ2) is 8.34. The van der Waals surface area contributed by atoms with Gasteiger partial charge in [0, 0.05) is 24.5 Å². The smallest absolute Gasteiger partial charge is 0.262 e. The lowest BCUT2D eigenvalue weighted by Crippen LogP contribution is -2.23. The van der Waals surface area contributed by atoms with Crippen LogP contribution in [0.25, 0.3) is 6.08 Å². The number of pyridine rings is 1. The second-order valence-corrected chi connectivity index (χ2v) is 4.82. The maximum absolute atomic E-state index is 12.2. The highest BCUT2D eigenvalue weighted by Crippen LogP contribution is 2.26. The Hall–Kier alpha value is -3.33. The molecule has 1 amide bonds. The number of nitrogens with zero attached hydrogens (tertiary/aromatic N) is 2. The zero-order chi connectivity index (χ0) is 17.4. The minimum Gasteiger partial charge on any atom is -0.497 e. The lowest BCUT2D eigenvalue weighted by Gasteiger charge is -2.08. The quantitative estimate of drug-likeness (QED) is 0.651. The standard InChI is InChI=1S/C18H17N3O3/c1-23-16-3-4-17(24-2)14(10-16)9-15(11-19)18(22)21-12-13-5-7-20-8-6-13/h3-10H,12H2,1-2H3,(H,21,22)/b15-9+. The van der Waals surface area contributed by atoms with Gasteiger partial charge in [-0.1, -0.05) is 0 Å². The molecule has 0 aliphatic carbocycles. The van der Waals surface area contributed by atoms with Gasteiger partial charge >= 0.3 is 0 Å². The molecule has 0 unspecified atom stereocenters. The van der Waals surface area contributed by atoms with Crippen LogP contribution >= 0.6 is 0 Å². The Morgan fingerprint density at radius 3 is 2.62 bits per heavy atom. The summed E-state index contributed by atoms with van der Waals surface area (Å²) >= 11 is 0. The molecule has 2 aromatic rings. The van der Waals surface area contributed by atoms with Crippen LogP contribution in [0.1, 0.15) is 11.1 Å². The number of rotatable bonds is 6. The van der Waals surface area contributed by atoms with Gasteiger partial charge in [0.1, 0.15) is 23.1 Å². The summed E-state index contributed by atoms with van der Waals surface area (Å²) in [5.74, 6) is 0.696. The maximum Gasteiger partial charge on any atom is 0.262 e. The molecule has 1 aromatic heterocycles. The van der Waals surface area contributed by atoms with Gasteiger partial charge in [-0.05, 0) is 42.0 Å². The summed E-state index contributed by atoms with van der Waals surface area (Å²) in [7, 11) is 3.07. The third-order valence-corrected chi connectivity index (χ3v) is 3.30. The molecule has 0 atom stereocenters. The minimum absolute atomic E-state index is 0.0180. The molecule has 0 saturated heterocycles. The van der Waals surface area contributed by atoms with Crippen molar-refractivity contribution in [3.05, 3.63) is 59.4 Å². The summed E-state index contributed by atoms with van der Waals surface area (Å²) in [6.07, 6.45) is 4.76. The van der Waals surface area contributed by atoms with Crippen LogP contribution in [0.4, 0.5) is 0 Å². The summed E-state index contributed by atoms with van der Waals surface area (Å²) in [5.41, 5.74) is 1.47. The van der Waals surface area contributed by atoms with Crippen LogP contribution in [0.15, 0.2) is 48.3 Å². The fraction of sp³-hybridized carbons (Fsp3) is 0.167. The molecular weight excluding hydrogens is 306 g/mol. The summed E-state index contributed by atoms with van der Waals surface area (Å²) in [6.45, 7) is 0.315. The zero-order valence-electron chi connectivity index (χ0n) is 13.4. The number of carbonyl (C=O) groups excluding carboxylic acids is 1. The number of methoxy groups -OCH3 is 2. The molecule has 0 aliphatic heterocycles. The van der Waals surface area contributed by atoms with Crippen molar-refractivity contribution in [1.29, 1.82) is 5.26 Å². The third-order valence-electron chi connectivity index (χ3n) is 3.30. The SMILES string of the molecule is COc1ccc(OC)c(/C=C(\C#N)C(=O)NCc2ccncc2)c1. The molecule has 6 nitrogen and oxygen atoms in total. The fourth-order valence-electron chi connectivity index (χ4n) is 2.03. The monoisotopic (exact) mass is 323 g/mol. The van der Waals surface area contributed by atoms with Gasteiger partial charge in [0.2, 0.25) is 0 Å². The molecule has 0 fully saturated rings. The normalized spacial score (nSPS) is 10.6. The van der Waals surface area contributed by atoms with E-state index in [1.165, 1.54) is 13.2 Å². The van der Waals surface area contributed by atoms with Crippen LogP contribution < -0.4 is 14.8 Å². The van der Waals surface area contributed by atoms with Gasteiger partial charge in [-0.25, -0.2) is 0 Å². The van der Waals surface area contributed by atoms with Gasteiger partial charge in [0.05, 0.1) is 14.2 Å². The molecule has 122 valence electrons. The molecule has 0 bridgehead atoms. The van der Waals surface area contributed by atoms with E-state index in [-0.39, 0.29) is 5.57 Å². The van der Waals surface area contributed by atoms with Gasteiger partial charge < -0.3 is 14.8 Å². The van der Waals surface area contributed by atoms with Crippen molar-refractivity contribution in [1.82, 2.24) is 10.3 Å². The van der Waals surface area contributed by atoms with E-state index < -0.39 is 5.91 Å².